The first kappa shape index (κ1) is 18.4. The number of hydrogen-bond acceptors (Lipinski definition) is 3. The fraction of sp³-hybridized carbons (Fsp3) is 0.235. The summed E-state index contributed by atoms with van der Waals surface area (Å²) in [6.45, 7) is 0. The van der Waals surface area contributed by atoms with E-state index >= 15 is 0 Å². The number of carbonyl (C=O) groups is 1. The topological polar surface area (TPSA) is 66.5 Å². The van der Waals surface area contributed by atoms with Gasteiger partial charge in [-0.05, 0) is 42.3 Å². The van der Waals surface area contributed by atoms with Crippen LogP contribution < -0.4 is 5.32 Å². The quantitative estimate of drug-likeness (QED) is 0.853. The number of anilines is 1. The van der Waals surface area contributed by atoms with Crippen LogP contribution in [0, 0.1) is 0 Å². The summed E-state index contributed by atoms with van der Waals surface area (Å²) < 4.78 is 25.1. The average molecular weight is 367 g/mol. The Kier molecular flexibility index (Phi) is 5.99. The van der Waals surface area contributed by atoms with E-state index in [2.05, 4.69) is 5.32 Å². The van der Waals surface area contributed by atoms with Crippen molar-refractivity contribution >= 4 is 33.2 Å². The number of sulfonamides is 1. The summed E-state index contributed by atoms with van der Waals surface area (Å²) in [4.78, 5) is 12.2. The van der Waals surface area contributed by atoms with Gasteiger partial charge in [0.1, 0.15) is 0 Å². The first-order valence-corrected chi connectivity index (χ1v) is 9.18. The molecule has 0 aliphatic carbocycles. The average Bonchev–Trinajstić information content (AvgIpc) is 2.54. The van der Waals surface area contributed by atoms with Gasteiger partial charge in [0.2, 0.25) is 15.9 Å². The Hall–Kier alpha value is -1.89. The molecule has 0 spiro atoms. The number of rotatable bonds is 6. The van der Waals surface area contributed by atoms with Crippen LogP contribution in [0.4, 0.5) is 5.69 Å². The van der Waals surface area contributed by atoms with Gasteiger partial charge in [0.05, 0.1) is 4.90 Å². The highest BCUT2D eigenvalue weighted by molar-refractivity contribution is 7.89. The number of carbonyl (C=O) groups excluding carboxylic acids is 1. The summed E-state index contributed by atoms with van der Waals surface area (Å²) in [7, 11) is -0.523. The lowest BCUT2D eigenvalue weighted by atomic mass is 10.1. The molecule has 0 radical (unpaired) electrons. The van der Waals surface area contributed by atoms with Crippen molar-refractivity contribution in [2.75, 3.05) is 19.4 Å². The lowest BCUT2D eigenvalue weighted by Gasteiger charge is -2.12. The van der Waals surface area contributed by atoms with E-state index in [1.807, 2.05) is 18.2 Å². The van der Waals surface area contributed by atoms with Gasteiger partial charge in [-0.1, -0.05) is 29.8 Å². The molecule has 1 N–H and O–H groups in total. The third kappa shape index (κ3) is 4.56. The normalized spacial score (nSPS) is 11.5. The molecular weight excluding hydrogens is 348 g/mol. The zero-order chi connectivity index (χ0) is 17.7. The molecule has 0 atom stereocenters. The molecule has 0 bridgehead atoms. The van der Waals surface area contributed by atoms with E-state index in [9.17, 15) is 13.2 Å². The van der Waals surface area contributed by atoms with Crippen LogP contribution in [0.2, 0.25) is 5.02 Å². The second-order valence-electron chi connectivity index (χ2n) is 5.45. The predicted molar refractivity (Wildman–Crippen MR) is 95.7 cm³/mol. The monoisotopic (exact) mass is 366 g/mol. The molecule has 7 heteroatoms. The minimum Gasteiger partial charge on any atom is -0.326 e. The summed E-state index contributed by atoms with van der Waals surface area (Å²) in [6.07, 6.45) is 0.833. The second-order valence-corrected chi connectivity index (χ2v) is 8.01. The molecule has 0 fully saturated rings. The smallest absolute Gasteiger partial charge is 0.242 e. The molecule has 5 nitrogen and oxygen atoms in total. The van der Waals surface area contributed by atoms with Crippen LogP contribution in [0.15, 0.2) is 53.4 Å². The van der Waals surface area contributed by atoms with E-state index in [1.165, 1.54) is 26.2 Å². The Morgan fingerprint density at radius 2 is 1.71 bits per heavy atom. The van der Waals surface area contributed by atoms with Crippen molar-refractivity contribution in [1.82, 2.24) is 4.31 Å². The van der Waals surface area contributed by atoms with Crippen LogP contribution in [0.3, 0.4) is 0 Å². The Morgan fingerprint density at radius 3 is 2.29 bits per heavy atom. The van der Waals surface area contributed by atoms with Gasteiger partial charge in [0.25, 0.3) is 0 Å². The van der Waals surface area contributed by atoms with Gasteiger partial charge in [-0.15, -0.1) is 0 Å². The molecule has 2 rings (SSSR count). The van der Waals surface area contributed by atoms with Gasteiger partial charge in [0.15, 0.2) is 0 Å². The van der Waals surface area contributed by atoms with Crippen molar-refractivity contribution in [2.24, 2.45) is 0 Å². The van der Waals surface area contributed by atoms with E-state index in [4.69, 9.17) is 11.6 Å². The number of aryl methyl sites for hydroxylation is 1. The minimum atomic E-state index is -3.47. The Balaban J connectivity index is 1.96. The Bertz CT molecular complexity index is 818. The number of benzene rings is 2. The highest BCUT2D eigenvalue weighted by Gasteiger charge is 2.16. The minimum absolute atomic E-state index is 0.155. The van der Waals surface area contributed by atoms with E-state index in [-0.39, 0.29) is 10.8 Å². The molecule has 0 heterocycles. The molecule has 0 aliphatic heterocycles. The van der Waals surface area contributed by atoms with Crippen LogP contribution >= 0.6 is 11.6 Å². The molecule has 0 unspecified atom stereocenters. The molecule has 0 saturated carbocycles. The van der Waals surface area contributed by atoms with Gasteiger partial charge < -0.3 is 5.32 Å². The summed E-state index contributed by atoms with van der Waals surface area (Å²) in [5, 5.41) is 3.39. The Morgan fingerprint density at radius 1 is 1.08 bits per heavy atom. The predicted octanol–water partition coefficient (Wildman–Crippen LogP) is 3.16. The molecule has 1 amide bonds. The van der Waals surface area contributed by atoms with Gasteiger partial charge >= 0.3 is 0 Å². The zero-order valence-corrected chi connectivity index (χ0v) is 15.1. The first-order valence-electron chi connectivity index (χ1n) is 7.36. The van der Waals surface area contributed by atoms with Gasteiger partial charge in [0, 0.05) is 31.2 Å². The molecule has 24 heavy (non-hydrogen) atoms. The number of nitrogens with one attached hydrogen (secondary N) is 1. The van der Waals surface area contributed by atoms with Crippen molar-refractivity contribution in [3.8, 4) is 0 Å². The fourth-order valence-electron chi connectivity index (χ4n) is 2.09. The molecule has 2 aromatic rings. The van der Waals surface area contributed by atoms with Crippen LogP contribution in [-0.2, 0) is 21.2 Å². The maximum Gasteiger partial charge on any atom is 0.242 e. The van der Waals surface area contributed by atoms with E-state index in [0.29, 0.717) is 23.6 Å². The largest absolute Gasteiger partial charge is 0.326 e. The van der Waals surface area contributed by atoms with Crippen LogP contribution in [0.1, 0.15) is 12.0 Å². The lowest BCUT2D eigenvalue weighted by molar-refractivity contribution is -0.116. The lowest BCUT2D eigenvalue weighted by Crippen LogP contribution is -2.22. The van der Waals surface area contributed by atoms with Crippen molar-refractivity contribution in [1.29, 1.82) is 0 Å². The summed E-state index contributed by atoms with van der Waals surface area (Å²) >= 11 is 6.06. The maximum absolute atomic E-state index is 12.0. The van der Waals surface area contributed by atoms with Gasteiger partial charge in [-0.2, -0.15) is 0 Å². The fourth-order valence-corrected chi connectivity index (χ4v) is 3.23. The first-order chi connectivity index (χ1) is 11.3. The maximum atomic E-state index is 12.0. The molecule has 0 saturated heterocycles. The van der Waals surface area contributed by atoms with Crippen molar-refractivity contribution < 1.29 is 13.2 Å². The van der Waals surface area contributed by atoms with Gasteiger partial charge in [-0.25, -0.2) is 12.7 Å². The molecule has 128 valence electrons. The molecule has 0 aliphatic rings. The van der Waals surface area contributed by atoms with E-state index < -0.39 is 10.0 Å². The van der Waals surface area contributed by atoms with E-state index in [1.54, 1.807) is 18.2 Å². The highest BCUT2D eigenvalue weighted by atomic mass is 35.5. The van der Waals surface area contributed by atoms with Gasteiger partial charge in [-0.3, -0.25) is 4.79 Å². The number of halogens is 1. The molecule has 0 aromatic heterocycles. The number of hydrogen-bond donors (Lipinski definition) is 1. The van der Waals surface area contributed by atoms with Crippen LogP contribution in [0.25, 0.3) is 0 Å². The third-order valence-corrected chi connectivity index (χ3v) is 5.69. The molecular formula is C17H19ClN2O3S. The van der Waals surface area contributed by atoms with Crippen molar-refractivity contribution in [2.45, 2.75) is 17.7 Å². The third-order valence-electron chi connectivity index (χ3n) is 3.50. The Labute approximate surface area is 147 Å². The van der Waals surface area contributed by atoms with E-state index in [0.717, 1.165) is 9.87 Å². The van der Waals surface area contributed by atoms with Crippen molar-refractivity contribution in [3.63, 3.8) is 0 Å². The molecule has 2 aromatic carbocycles. The van der Waals surface area contributed by atoms with Crippen LogP contribution in [-0.4, -0.2) is 32.7 Å². The standard InChI is InChI=1S/C17H19ClN2O3S/c1-20(2)24(22,23)15-10-8-14(9-11-15)19-17(21)12-7-13-5-3-4-6-16(13)18/h3-6,8-11H,7,12H2,1-2H3,(H,19,21). The highest BCUT2D eigenvalue weighted by Crippen LogP contribution is 2.18. The summed E-state index contributed by atoms with van der Waals surface area (Å²) in [6, 6.07) is 13.5. The summed E-state index contributed by atoms with van der Waals surface area (Å²) in [5.41, 5.74) is 1.47. The number of nitrogens with zero attached hydrogens (tertiary/aromatic N) is 1. The SMILES string of the molecule is CN(C)S(=O)(=O)c1ccc(NC(=O)CCc2ccccc2Cl)cc1. The number of amides is 1. The van der Waals surface area contributed by atoms with Crippen LogP contribution in [0.5, 0.6) is 0 Å². The second kappa shape index (κ2) is 7.79. The zero-order valence-electron chi connectivity index (χ0n) is 13.5. The summed E-state index contributed by atoms with van der Waals surface area (Å²) in [5.74, 6) is -0.155. The van der Waals surface area contributed by atoms with Crippen molar-refractivity contribution in [3.05, 3.63) is 59.1 Å².